The maximum Gasteiger partial charge on any atom is 0.255 e. The molecule has 2 heterocycles. The SMILES string of the molecule is COc1ccccc1CNc1ncc(C(=O)NCc2ccco2)c(C)n1. The number of hydrogen-bond donors (Lipinski definition) is 2. The van der Waals surface area contributed by atoms with Gasteiger partial charge < -0.3 is 19.8 Å². The molecule has 0 fully saturated rings. The zero-order valence-corrected chi connectivity index (χ0v) is 14.7. The predicted octanol–water partition coefficient (Wildman–Crippen LogP) is 2.93. The summed E-state index contributed by atoms with van der Waals surface area (Å²) in [7, 11) is 1.63. The van der Waals surface area contributed by atoms with Crippen LogP contribution in [-0.2, 0) is 13.1 Å². The molecule has 0 saturated heterocycles. The third kappa shape index (κ3) is 4.18. The van der Waals surface area contributed by atoms with Gasteiger partial charge in [0.05, 0.1) is 31.2 Å². The molecule has 0 aliphatic heterocycles. The van der Waals surface area contributed by atoms with Gasteiger partial charge in [-0.15, -0.1) is 0 Å². The van der Waals surface area contributed by atoms with Crippen LogP contribution >= 0.6 is 0 Å². The van der Waals surface area contributed by atoms with Crippen molar-refractivity contribution < 1.29 is 13.9 Å². The summed E-state index contributed by atoms with van der Waals surface area (Å²) in [5.41, 5.74) is 2.02. The number of aryl methyl sites for hydroxylation is 1. The summed E-state index contributed by atoms with van der Waals surface area (Å²) in [4.78, 5) is 20.9. The van der Waals surface area contributed by atoms with Gasteiger partial charge >= 0.3 is 0 Å². The zero-order chi connectivity index (χ0) is 18.4. The monoisotopic (exact) mass is 352 g/mol. The van der Waals surface area contributed by atoms with E-state index in [-0.39, 0.29) is 5.91 Å². The maximum absolute atomic E-state index is 12.3. The van der Waals surface area contributed by atoms with Crippen molar-refractivity contribution >= 4 is 11.9 Å². The Labute approximate surface area is 151 Å². The van der Waals surface area contributed by atoms with Crippen molar-refractivity contribution in [2.24, 2.45) is 0 Å². The quantitative estimate of drug-likeness (QED) is 0.680. The fraction of sp³-hybridized carbons (Fsp3) is 0.211. The Morgan fingerprint density at radius 3 is 2.77 bits per heavy atom. The maximum atomic E-state index is 12.3. The van der Waals surface area contributed by atoms with Gasteiger partial charge in [0, 0.05) is 18.3 Å². The molecule has 134 valence electrons. The van der Waals surface area contributed by atoms with Crippen LogP contribution in [-0.4, -0.2) is 23.0 Å². The molecular weight excluding hydrogens is 332 g/mol. The van der Waals surface area contributed by atoms with E-state index in [9.17, 15) is 4.79 Å². The highest BCUT2D eigenvalue weighted by molar-refractivity contribution is 5.94. The summed E-state index contributed by atoms with van der Waals surface area (Å²) in [6.45, 7) is 2.62. The number of aromatic nitrogens is 2. The first-order valence-corrected chi connectivity index (χ1v) is 8.17. The first-order valence-electron chi connectivity index (χ1n) is 8.17. The van der Waals surface area contributed by atoms with E-state index in [2.05, 4.69) is 20.6 Å². The number of furan rings is 1. The lowest BCUT2D eigenvalue weighted by atomic mass is 10.2. The van der Waals surface area contributed by atoms with Gasteiger partial charge in [0.1, 0.15) is 11.5 Å². The molecule has 0 radical (unpaired) electrons. The van der Waals surface area contributed by atoms with Crippen molar-refractivity contribution in [1.29, 1.82) is 0 Å². The van der Waals surface area contributed by atoms with Crippen LogP contribution in [0.5, 0.6) is 5.75 Å². The average Bonchev–Trinajstić information content (AvgIpc) is 3.18. The Morgan fingerprint density at radius 2 is 2.04 bits per heavy atom. The molecular formula is C19H20N4O3. The average molecular weight is 352 g/mol. The van der Waals surface area contributed by atoms with Crippen LogP contribution in [0.25, 0.3) is 0 Å². The lowest BCUT2D eigenvalue weighted by molar-refractivity contribution is 0.0946. The molecule has 0 aliphatic rings. The number of ether oxygens (including phenoxy) is 1. The molecule has 1 amide bonds. The number of hydrogen-bond acceptors (Lipinski definition) is 6. The second kappa shape index (κ2) is 8.15. The molecule has 26 heavy (non-hydrogen) atoms. The molecule has 0 bridgehead atoms. The third-order valence-electron chi connectivity index (χ3n) is 3.86. The van der Waals surface area contributed by atoms with E-state index in [0.29, 0.717) is 36.1 Å². The summed E-state index contributed by atoms with van der Waals surface area (Å²) < 4.78 is 10.5. The smallest absolute Gasteiger partial charge is 0.255 e. The first-order chi connectivity index (χ1) is 12.7. The number of nitrogens with one attached hydrogen (secondary N) is 2. The summed E-state index contributed by atoms with van der Waals surface area (Å²) in [5.74, 6) is 1.70. The van der Waals surface area contributed by atoms with Gasteiger partial charge in [-0.25, -0.2) is 9.97 Å². The van der Waals surface area contributed by atoms with Gasteiger partial charge in [0.2, 0.25) is 5.95 Å². The van der Waals surface area contributed by atoms with E-state index < -0.39 is 0 Å². The second-order valence-electron chi connectivity index (χ2n) is 5.62. The van der Waals surface area contributed by atoms with Gasteiger partial charge in [-0.2, -0.15) is 0 Å². The minimum absolute atomic E-state index is 0.241. The Hall–Kier alpha value is -3.35. The molecule has 2 aromatic heterocycles. The lowest BCUT2D eigenvalue weighted by Gasteiger charge is -2.11. The van der Waals surface area contributed by atoms with Gasteiger partial charge in [-0.3, -0.25) is 4.79 Å². The van der Waals surface area contributed by atoms with E-state index in [0.717, 1.165) is 11.3 Å². The Kier molecular flexibility index (Phi) is 5.48. The molecule has 7 heteroatoms. The highest BCUT2D eigenvalue weighted by Crippen LogP contribution is 2.18. The molecule has 3 aromatic rings. The van der Waals surface area contributed by atoms with Gasteiger partial charge in [0.25, 0.3) is 5.91 Å². The van der Waals surface area contributed by atoms with Crippen molar-refractivity contribution in [2.45, 2.75) is 20.0 Å². The first kappa shape index (κ1) is 17.5. The van der Waals surface area contributed by atoms with E-state index in [1.807, 2.05) is 24.3 Å². The van der Waals surface area contributed by atoms with Crippen LogP contribution in [0.15, 0.2) is 53.3 Å². The Bertz CT molecular complexity index is 878. The number of methoxy groups -OCH3 is 1. The normalized spacial score (nSPS) is 10.4. The van der Waals surface area contributed by atoms with Crippen molar-refractivity contribution in [3.8, 4) is 5.75 Å². The van der Waals surface area contributed by atoms with Crippen molar-refractivity contribution in [2.75, 3.05) is 12.4 Å². The third-order valence-corrected chi connectivity index (χ3v) is 3.86. The predicted molar refractivity (Wildman–Crippen MR) is 97.0 cm³/mol. The fourth-order valence-electron chi connectivity index (χ4n) is 2.47. The highest BCUT2D eigenvalue weighted by Gasteiger charge is 2.12. The van der Waals surface area contributed by atoms with Crippen LogP contribution in [0.4, 0.5) is 5.95 Å². The van der Waals surface area contributed by atoms with Crippen molar-refractivity contribution in [3.05, 3.63) is 71.4 Å². The van der Waals surface area contributed by atoms with Crippen LogP contribution in [0, 0.1) is 6.92 Å². The summed E-state index contributed by atoms with van der Waals surface area (Å²) in [6, 6.07) is 11.3. The van der Waals surface area contributed by atoms with E-state index in [1.54, 1.807) is 32.4 Å². The van der Waals surface area contributed by atoms with Gasteiger partial charge in [-0.05, 0) is 25.1 Å². The summed E-state index contributed by atoms with van der Waals surface area (Å²) in [5, 5.41) is 5.93. The topological polar surface area (TPSA) is 89.3 Å². The molecule has 0 atom stereocenters. The Balaban J connectivity index is 1.62. The molecule has 2 N–H and O–H groups in total. The lowest BCUT2D eigenvalue weighted by Crippen LogP contribution is -2.24. The van der Waals surface area contributed by atoms with Gasteiger partial charge in [-0.1, -0.05) is 18.2 Å². The number of para-hydroxylation sites is 1. The fourth-order valence-corrected chi connectivity index (χ4v) is 2.47. The number of nitrogens with zero attached hydrogens (tertiary/aromatic N) is 2. The highest BCUT2D eigenvalue weighted by atomic mass is 16.5. The van der Waals surface area contributed by atoms with Crippen LogP contribution in [0.1, 0.15) is 27.4 Å². The Morgan fingerprint density at radius 1 is 1.19 bits per heavy atom. The number of anilines is 1. The van der Waals surface area contributed by atoms with E-state index in [1.165, 1.54) is 6.20 Å². The zero-order valence-electron chi connectivity index (χ0n) is 14.7. The number of carbonyl (C=O) groups is 1. The van der Waals surface area contributed by atoms with Crippen LogP contribution in [0.2, 0.25) is 0 Å². The molecule has 7 nitrogen and oxygen atoms in total. The summed E-state index contributed by atoms with van der Waals surface area (Å²) in [6.07, 6.45) is 3.09. The van der Waals surface area contributed by atoms with Crippen molar-refractivity contribution in [1.82, 2.24) is 15.3 Å². The van der Waals surface area contributed by atoms with Crippen LogP contribution in [0.3, 0.4) is 0 Å². The number of benzene rings is 1. The largest absolute Gasteiger partial charge is 0.496 e. The number of amides is 1. The van der Waals surface area contributed by atoms with Crippen molar-refractivity contribution in [3.63, 3.8) is 0 Å². The van der Waals surface area contributed by atoms with Crippen LogP contribution < -0.4 is 15.4 Å². The number of rotatable bonds is 7. The summed E-state index contributed by atoms with van der Waals surface area (Å²) >= 11 is 0. The van der Waals surface area contributed by atoms with Gasteiger partial charge in [0.15, 0.2) is 0 Å². The number of carbonyl (C=O) groups excluding carboxylic acids is 1. The van der Waals surface area contributed by atoms with E-state index >= 15 is 0 Å². The molecule has 3 rings (SSSR count). The van der Waals surface area contributed by atoms with E-state index in [4.69, 9.17) is 9.15 Å². The minimum atomic E-state index is -0.241. The molecule has 0 unspecified atom stereocenters. The standard InChI is InChI=1S/C19H20N4O3/c1-13-16(18(24)20-11-15-7-5-9-26-15)12-22-19(23-13)21-10-14-6-3-4-8-17(14)25-2/h3-9,12H,10-11H2,1-2H3,(H,20,24)(H,21,22,23). The molecule has 1 aromatic carbocycles. The minimum Gasteiger partial charge on any atom is -0.496 e. The second-order valence-corrected chi connectivity index (χ2v) is 5.62. The molecule has 0 aliphatic carbocycles. The molecule has 0 spiro atoms. The molecule has 0 saturated carbocycles.